The molecule has 1 aromatic carbocycles. The van der Waals surface area contributed by atoms with E-state index in [-0.39, 0.29) is 27.5 Å². The third kappa shape index (κ3) is 3.75. The fourth-order valence-electron chi connectivity index (χ4n) is 2.71. The number of piperidine rings is 1. The molecule has 0 spiro atoms. The molecule has 1 fully saturated rings. The molecule has 0 unspecified atom stereocenters. The van der Waals surface area contributed by atoms with E-state index in [1.807, 2.05) is 19.0 Å². The van der Waals surface area contributed by atoms with E-state index in [0.717, 1.165) is 0 Å². The molecule has 1 heterocycles. The molecule has 0 bridgehead atoms. The summed E-state index contributed by atoms with van der Waals surface area (Å²) in [6, 6.07) is 2.58. The van der Waals surface area contributed by atoms with Crippen molar-refractivity contribution in [2.75, 3.05) is 34.3 Å². The highest BCUT2D eigenvalue weighted by Gasteiger charge is 2.36. The molecule has 1 aliphatic rings. The van der Waals surface area contributed by atoms with Crippen LogP contribution in [0.1, 0.15) is 6.42 Å². The van der Waals surface area contributed by atoms with Crippen molar-refractivity contribution in [3.8, 4) is 5.75 Å². The SMILES string of the molecule is COc1cc(Cl)c(S(=O)(=O)N2CC[C@H](N(C)C)[C@@H](O)C2)cc1Cl. The summed E-state index contributed by atoms with van der Waals surface area (Å²) in [6.07, 6.45) is -0.226. The van der Waals surface area contributed by atoms with Crippen LogP contribution in [0.3, 0.4) is 0 Å². The zero-order valence-electron chi connectivity index (χ0n) is 13.2. The molecule has 0 aromatic heterocycles. The van der Waals surface area contributed by atoms with Gasteiger partial charge in [0.2, 0.25) is 10.0 Å². The zero-order valence-corrected chi connectivity index (χ0v) is 15.5. The molecular formula is C14H20Cl2N2O4S. The summed E-state index contributed by atoms with van der Waals surface area (Å²) in [4.78, 5) is 1.81. The summed E-state index contributed by atoms with van der Waals surface area (Å²) in [7, 11) is 1.30. The molecule has 1 aliphatic heterocycles. The Balaban J connectivity index is 2.31. The number of rotatable bonds is 4. The van der Waals surface area contributed by atoms with Crippen LogP contribution >= 0.6 is 23.2 Å². The third-order valence-corrected chi connectivity index (χ3v) is 6.62. The predicted molar refractivity (Wildman–Crippen MR) is 89.9 cm³/mol. The van der Waals surface area contributed by atoms with Crippen molar-refractivity contribution >= 4 is 33.2 Å². The van der Waals surface area contributed by atoms with E-state index in [9.17, 15) is 13.5 Å². The normalized spacial score (nSPS) is 23.3. The lowest BCUT2D eigenvalue weighted by atomic mass is 10.0. The van der Waals surface area contributed by atoms with Crippen molar-refractivity contribution in [1.82, 2.24) is 9.21 Å². The Morgan fingerprint density at radius 3 is 2.48 bits per heavy atom. The number of aliphatic hydroxyl groups excluding tert-OH is 1. The predicted octanol–water partition coefficient (Wildman–Crippen LogP) is 1.69. The Bertz CT molecular complexity index is 682. The summed E-state index contributed by atoms with van der Waals surface area (Å²) >= 11 is 12.1. The average molecular weight is 383 g/mol. The molecule has 0 amide bonds. The molecule has 0 radical (unpaired) electrons. The number of ether oxygens (including phenoxy) is 1. The second kappa shape index (κ2) is 7.13. The standard InChI is InChI=1S/C14H20Cl2N2O4S/c1-17(2)11-4-5-18(8-12(11)19)23(20,21)14-7-9(15)13(22-3)6-10(14)16/h6-7,11-12,19H,4-5,8H2,1-3H3/t11-,12-/m0/s1. The Kier molecular flexibility index (Phi) is 5.81. The van der Waals surface area contributed by atoms with Crippen LogP contribution in [0.15, 0.2) is 17.0 Å². The van der Waals surface area contributed by atoms with Gasteiger partial charge in [0.15, 0.2) is 0 Å². The number of methoxy groups -OCH3 is 1. The lowest BCUT2D eigenvalue weighted by molar-refractivity contribution is 0.0291. The van der Waals surface area contributed by atoms with Gasteiger partial charge >= 0.3 is 0 Å². The van der Waals surface area contributed by atoms with E-state index in [2.05, 4.69) is 0 Å². The number of hydrogen-bond acceptors (Lipinski definition) is 5. The first-order chi connectivity index (χ1) is 10.7. The van der Waals surface area contributed by atoms with Crippen molar-refractivity contribution in [2.45, 2.75) is 23.5 Å². The maximum Gasteiger partial charge on any atom is 0.244 e. The van der Waals surface area contributed by atoms with Gasteiger partial charge in [-0.1, -0.05) is 23.2 Å². The highest BCUT2D eigenvalue weighted by molar-refractivity contribution is 7.89. The molecule has 0 saturated carbocycles. The maximum absolute atomic E-state index is 12.8. The van der Waals surface area contributed by atoms with Crippen LogP contribution < -0.4 is 4.74 Å². The highest BCUT2D eigenvalue weighted by Crippen LogP contribution is 2.35. The molecule has 0 aliphatic carbocycles. The smallest absolute Gasteiger partial charge is 0.244 e. The van der Waals surface area contributed by atoms with Gasteiger partial charge in [0.05, 0.1) is 23.3 Å². The van der Waals surface area contributed by atoms with Gasteiger partial charge in [-0.3, -0.25) is 0 Å². The molecule has 23 heavy (non-hydrogen) atoms. The Morgan fingerprint density at radius 2 is 1.96 bits per heavy atom. The molecule has 6 nitrogen and oxygen atoms in total. The minimum Gasteiger partial charge on any atom is -0.495 e. The maximum atomic E-state index is 12.8. The number of nitrogens with zero attached hydrogens (tertiary/aromatic N) is 2. The van der Waals surface area contributed by atoms with Crippen LogP contribution in [-0.4, -0.2) is 69.2 Å². The molecule has 130 valence electrons. The van der Waals surface area contributed by atoms with Crippen LogP contribution in [0.25, 0.3) is 0 Å². The summed E-state index contributed by atoms with van der Waals surface area (Å²) in [5.41, 5.74) is 0. The number of benzene rings is 1. The van der Waals surface area contributed by atoms with Crippen LogP contribution in [0.5, 0.6) is 5.75 Å². The van der Waals surface area contributed by atoms with Crippen LogP contribution in [0, 0.1) is 0 Å². The Hall–Kier alpha value is -0.570. The second-order valence-electron chi connectivity index (χ2n) is 5.67. The summed E-state index contributed by atoms with van der Waals surface area (Å²) in [5.74, 6) is 0.307. The van der Waals surface area contributed by atoms with Crippen molar-refractivity contribution in [3.63, 3.8) is 0 Å². The van der Waals surface area contributed by atoms with E-state index in [1.54, 1.807) is 0 Å². The molecule has 1 saturated heterocycles. The van der Waals surface area contributed by atoms with Crippen molar-refractivity contribution in [1.29, 1.82) is 0 Å². The van der Waals surface area contributed by atoms with Crippen LogP contribution in [0.4, 0.5) is 0 Å². The van der Waals surface area contributed by atoms with Gasteiger partial charge in [-0.05, 0) is 26.6 Å². The van der Waals surface area contributed by atoms with E-state index >= 15 is 0 Å². The number of aliphatic hydroxyl groups is 1. The number of likely N-dealkylation sites (N-methyl/N-ethyl adjacent to an activating group) is 1. The summed E-state index contributed by atoms with van der Waals surface area (Å²) in [5, 5.41) is 10.4. The van der Waals surface area contributed by atoms with Crippen molar-refractivity contribution < 1.29 is 18.3 Å². The molecule has 2 rings (SSSR count). The minimum atomic E-state index is -3.84. The molecule has 1 N–H and O–H groups in total. The largest absolute Gasteiger partial charge is 0.495 e. The Labute approximate surface area is 146 Å². The van der Waals surface area contributed by atoms with Gasteiger partial charge in [-0.2, -0.15) is 4.31 Å². The molecular weight excluding hydrogens is 363 g/mol. The van der Waals surface area contributed by atoms with Crippen LogP contribution in [-0.2, 0) is 10.0 Å². The number of sulfonamides is 1. The van der Waals surface area contributed by atoms with Gasteiger partial charge < -0.3 is 14.7 Å². The lowest BCUT2D eigenvalue weighted by Gasteiger charge is -2.38. The van der Waals surface area contributed by atoms with E-state index < -0.39 is 16.1 Å². The van der Waals surface area contributed by atoms with Gasteiger partial charge in [0, 0.05) is 25.2 Å². The van der Waals surface area contributed by atoms with E-state index in [0.29, 0.717) is 18.7 Å². The third-order valence-electron chi connectivity index (χ3n) is 4.00. The fraction of sp³-hybridized carbons (Fsp3) is 0.571. The van der Waals surface area contributed by atoms with Gasteiger partial charge in [0.1, 0.15) is 10.6 Å². The zero-order chi connectivity index (χ0) is 17.4. The van der Waals surface area contributed by atoms with E-state index in [4.69, 9.17) is 27.9 Å². The quantitative estimate of drug-likeness (QED) is 0.857. The molecule has 9 heteroatoms. The van der Waals surface area contributed by atoms with Gasteiger partial charge in [-0.25, -0.2) is 8.42 Å². The first-order valence-corrected chi connectivity index (χ1v) is 9.25. The number of hydrogen-bond donors (Lipinski definition) is 1. The van der Waals surface area contributed by atoms with Gasteiger partial charge in [0.25, 0.3) is 0 Å². The Morgan fingerprint density at radius 1 is 1.30 bits per heavy atom. The monoisotopic (exact) mass is 382 g/mol. The van der Waals surface area contributed by atoms with Crippen molar-refractivity contribution in [3.05, 3.63) is 22.2 Å². The highest BCUT2D eigenvalue weighted by atomic mass is 35.5. The van der Waals surface area contributed by atoms with Gasteiger partial charge in [-0.15, -0.1) is 0 Å². The average Bonchev–Trinajstić information content (AvgIpc) is 2.48. The topological polar surface area (TPSA) is 70.1 Å². The second-order valence-corrected chi connectivity index (χ2v) is 8.39. The van der Waals surface area contributed by atoms with E-state index in [1.165, 1.54) is 23.5 Å². The van der Waals surface area contributed by atoms with Crippen LogP contribution in [0.2, 0.25) is 10.0 Å². The number of β-amino-alcohol motifs (C(OH)–C–C–N with tert-alkyl or cyclic N) is 1. The minimum absolute atomic E-state index is 0.0190. The summed E-state index contributed by atoms with van der Waals surface area (Å²) in [6.45, 7) is 0.327. The first-order valence-electron chi connectivity index (χ1n) is 7.06. The first kappa shape index (κ1) is 18.8. The fourth-order valence-corrected chi connectivity index (χ4v) is 5.01. The molecule has 1 aromatic rings. The lowest BCUT2D eigenvalue weighted by Crippen LogP contribution is -2.53. The molecule has 2 atom stereocenters. The summed E-state index contributed by atoms with van der Waals surface area (Å²) < 4.78 is 31.9. The van der Waals surface area contributed by atoms with Crippen molar-refractivity contribution in [2.24, 2.45) is 0 Å². The number of halogens is 2.